The van der Waals surface area contributed by atoms with E-state index in [-0.39, 0.29) is 11.1 Å². The molecule has 0 heterocycles. The first-order valence-corrected chi connectivity index (χ1v) is 7.02. The Labute approximate surface area is 138 Å². The van der Waals surface area contributed by atoms with Gasteiger partial charge in [-0.15, -0.1) is 0 Å². The third kappa shape index (κ3) is 3.92. The molecule has 0 aliphatic heterocycles. The van der Waals surface area contributed by atoms with Gasteiger partial charge < -0.3 is 9.47 Å². The summed E-state index contributed by atoms with van der Waals surface area (Å²) in [5.41, 5.74) is 5.14. The zero-order valence-electron chi connectivity index (χ0n) is 12.6. The summed E-state index contributed by atoms with van der Waals surface area (Å²) >= 11 is 5.93. The van der Waals surface area contributed by atoms with Crippen molar-refractivity contribution in [3.8, 4) is 11.5 Å². The van der Waals surface area contributed by atoms with Crippen molar-refractivity contribution in [2.24, 2.45) is 0 Å². The number of halogens is 1. The molecule has 0 aromatic heterocycles. The molecule has 0 spiro atoms. The average molecular weight is 335 g/mol. The van der Waals surface area contributed by atoms with Gasteiger partial charge in [0.2, 0.25) is 0 Å². The Bertz CT molecular complexity index is 734. The van der Waals surface area contributed by atoms with Crippen LogP contribution in [0.1, 0.15) is 20.7 Å². The van der Waals surface area contributed by atoms with Crippen molar-refractivity contribution in [3.05, 3.63) is 58.6 Å². The molecule has 23 heavy (non-hydrogen) atoms. The number of amides is 2. The number of rotatable bonds is 4. The fourth-order valence-electron chi connectivity index (χ4n) is 1.88. The Hall–Kier alpha value is -2.73. The predicted octanol–water partition coefficient (Wildman–Crippen LogP) is 2.43. The third-order valence-electron chi connectivity index (χ3n) is 3.06. The molecule has 0 bridgehead atoms. The van der Waals surface area contributed by atoms with E-state index in [9.17, 15) is 9.59 Å². The first-order chi connectivity index (χ1) is 11.1. The van der Waals surface area contributed by atoms with Gasteiger partial charge in [0.25, 0.3) is 11.8 Å². The predicted molar refractivity (Wildman–Crippen MR) is 85.9 cm³/mol. The number of ether oxygens (including phenoxy) is 2. The SMILES string of the molecule is COc1ccc(C(=O)NNC(=O)c2ccccc2Cl)c(OC)c1. The molecule has 7 heteroatoms. The van der Waals surface area contributed by atoms with Gasteiger partial charge in [-0.05, 0) is 24.3 Å². The quantitative estimate of drug-likeness (QED) is 0.842. The second-order valence-corrected chi connectivity index (χ2v) is 4.86. The van der Waals surface area contributed by atoms with Crippen molar-refractivity contribution in [2.75, 3.05) is 14.2 Å². The highest BCUT2D eigenvalue weighted by atomic mass is 35.5. The number of carbonyl (C=O) groups excluding carboxylic acids is 2. The van der Waals surface area contributed by atoms with Gasteiger partial charge in [-0.3, -0.25) is 20.4 Å². The molecule has 2 amide bonds. The highest BCUT2D eigenvalue weighted by molar-refractivity contribution is 6.33. The topological polar surface area (TPSA) is 76.7 Å². The first-order valence-electron chi connectivity index (χ1n) is 6.64. The second kappa shape index (κ2) is 7.51. The van der Waals surface area contributed by atoms with Crippen molar-refractivity contribution >= 4 is 23.4 Å². The number of nitrogens with one attached hydrogen (secondary N) is 2. The van der Waals surface area contributed by atoms with Gasteiger partial charge in [0.15, 0.2) is 0 Å². The molecule has 0 saturated carbocycles. The number of methoxy groups -OCH3 is 2. The third-order valence-corrected chi connectivity index (χ3v) is 3.39. The van der Waals surface area contributed by atoms with E-state index in [4.69, 9.17) is 21.1 Å². The van der Waals surface area contributed by atoms with Crippen LogP contribution < -0.4 is 20.3 Å². The minimum atomic E-state index is -0.523. The van der Waals surface area contributed by atoms with Crippen molar-refractivity contribution in [3.63, 3.8) is 0 Å². The van der Waals surface area contributed by atoms with Crippen molar-refractivity contribution in [1.29, 1.82) is 0 Å². The summed E-state index contributed by atoms with van der Waals surface area (Å²) in [6.45, 7) is 0. The zero-order valence-corrected chi connectivity index (χ0v) is 13.3. The van der Waals surface area contributed by atoms with Crippen molar-refractivity contribution in [1.82, 2.24) is 10.9 Å². The van der Waals surface area contributed by atoms with Crippen LogP contribution in [0.3, 0.4) is 0 Å². The van der Waals surface area contributed by atoms with Gasteiger partial charge in [-0.2, -0.15) is 0 Å². The summed E-state index contributed by atoms with van der Waals surface area (Å²) in [5.74, 6) is -0.159. The van der Waals surface area contributed by atoms with Gasteiger partial charge in [-0.25, -0.2) is 0 Å². The van der Waals surface area contributed by atoms with Crippen LogP contribution in [0.2, 0.25) is 5.02 Å². The van der Waals surface area contributed by atoms with Crippen LogP contribution in [0.5, 0.6) is 11.5 Å². The van der Waals surface area contributed by atoms with E-state index < -0.39 is 11.8 Å². The lowest BCUT2D eigenvalue weighted by Gasteiger charge is -2.12. The molecule has 0 fully saturated rings. The van der Waals surface area contributed by atoms with E-state index in [1.165, 1.54) is 20.3 Å². The van der Waals surface area contributed by atoms with Crippen LogP contribution in [-0.2, 0) is 0 Å². The smallest absolute Gasteiger partial charge is 0.273 e. The Kier molecular flexibility index (Phi) is 5.43. The van der Waals surface area contributed by atoms with E-state index in [1.807, 2.05) is 0 Å². The fraction of sp³-hybridized carbons (Fsp3) is 0.125. The molecule has 6 nitrogen and oxygen atoms in total. The van der Waals surface area contributed by atoms with Gasteiger partial charge in [-0.1, -0.05) is 23.7 Å². The molecule has 0 aliphatic rings. The summed E-state index contributed by atoms with van der Waals surface area (Å²) in [4.78, 5) is 24.2. The molecular weight excluding hydrogens is 320 g/mol. The molecule has 0 radical (unpaired) electrons. The van der Waals surface area contributed by atoms with Crippen LogP contribution in [0.15, 0.2) is 42.5 Å². The van der Waals surface area contributed by atoms with Crippen molar-refractivity contribution < 1.29 is 19.1 Å². The molecule has 2 N–H and O–H groups in total. The molecule has 0 saturated heterocycles. The Morgan fingerprint density at radius 2 is 1.57 bits per heavy atom. The van der Waals surface area contributed by atoms with E-state index >= 15 is 0 Å². The molecule has 120 valence electrons. The summed E-state index contributed by atoms with van der Waals surface area (Å²) < 4.78 is 10.2. The summed E-state index contributed by atoms with van der Waals surface area (Å²) in [6, 6.07) is 11.3. The standard InChI is InChI=1S/C16H15ClN2O4/c1-22-10-7-8-12(14(9-10)23-2)16(21)19-18-15(20)11-5-3-4-6-13(11)17/h3-9H,1-2H3,(H,18,20)(H,19,21). The Balaban J connectivity index is 2.08. The van der Waals surface area contributed by atoms with E-state index in [0.29, 0.717) is 16.5 Å². The molecule has 0 aliphatic carbocycles. The van der Waals surface area contributed by atoms with Gasteiger partial charge in [0, 0.05) is 6.07 Å². The molecule has 0 unspecified atom stereocenters. The lowest BCUT2D eigenvalue weighted by Crippen LogP contribution is -2.41. The van der Waals surface area contributed by atoms with Crippen LogP contribution in [-0.4, -0.2) is 26.0 Å². The summed E-state index contributed by atoms with van der Waals surface area (Å²) in [7, 11) is 2.95. The maximum absolute atomic E-state index is 12.2. The second-order valence-electron chi connectivity index (χ2n) is 4.45. The van der Waals surface area contributed by atoms with Crippen LogP contribution in [0.25, 0.3) is 0 Å². The monoisotopic (exact) mass is 334 g/mol. The number of carbonyl (C=O) groups is 2. The van der Waals surface area contributed by atoms with Crippen molar-refractivity contribution in [2.45, 2.75) is 0 Å². The average Bonchev–Trinajstić information content (AvgIpc) is 2.59. The normalized spacial score (nSPS) is 9.87. The minimum absolute atomic E-state index is 0.257. The van der Waals surface area contributed by atoms with Crippen LogP contribution in [0, 0.1) is 0 Å². The number of benzene rings is 2. The zero-order chi connectivity index (χ0) is 16.8. The molecular formula is C16H15ClN2O4. The maximum Gasteiger partial charge on any atom is 0.273 e. The highest BCUT2D eigenvalue weighted by Crippen LogP contribution is 2.24. The number of hydrogen-bond donors (Lipinski definition) is 2. The summed E-state index contributed by atoms with van der Waals surface area (Å²) in [6.07, 6.45) is 0. The molecule has 2 aromatic rings. The van der Waals surface area contributed by atoms with Crippen LogP contribution in [0.4, 0.5) is 0 Å². The van der Waals surface area contributed by atoms with Gasteiger partial charge >= 0.3 is 0 Å². The van der Waals surface area contributed by atoms with Crippen LogP contribution >= 0.6 is 11.6 Å². The molecule has 2 aromatic carbocycles. The van der Waals surface area contributed by atoms with E-state index in [0.717, 1.165) is 0 Å². The Morgan fingerprint density at radius 3 is 2.17 bits per heavy atom. The van der Waals surface area contributed by atoms with Gasteiger partial charge in [0.1, 0.15) is 11.5 Å². The lowest BCUT2D eigenvalue weighted by atomic mass is 10.2. The maximum atomic E-state index is 12.2. The number of hydrogen-bond acceptors (Lipinski definition) is 4. The first kappa shape index (κ1) is 16.6. The molecule has 2 rings (SSSR count). The number of hydrazine groups is 1. The van der Waals surface area contributed by atoms with E-state index in [2.05, 4.69) is 10.9 Å². The van der Waals surface area contributed by atoms with Gasteiger partial charge in [0.05, 0.1) is 30.4 Å². The highest BCUT2D eigenvalue weighted by Gasteiger charge is 2.15. The van der Waals surface area contributed by atoms with E-state index in [1.54, 1.807) is 36.4 Å². The largest absolute Gasteiger partial charge is 0.497 e. The Morgan fingerprint density at radius 1 is 0.913 bits per heavy atom. The molecule has 0 atom stereocenters. The fourth-order valence-corrected chi connectivity index (χ4v) is 2.10. The summed E-state index contributed by atoms with van der Waals surface area (Å²) in [5, 5.41) is 0.293. The minimum Gasteiger partial charge on any atom is -0.497 e. The lowest BCUT2D eigenvalue weighted by molar-refractivity contribution is 0.0845.